The molecule has 2 aromatic carbocycles. The Kier molecular flexibility index (Phi) is 6.56. The number of sulfone groups is 1. The molecular weight excluding hydrogens is 468 g/mol. The molecule has 0 aliphatic carbocycles. The molecule has 9 heteroatoms. The largest absolute Gasteiger partial charge is 0.455 e. The molecule has 170 valence electrons. The number of rotatable bonds is 5. The predicted octanol–water partition coefficient (Wildman–Crippen LogP) is 5.09. The van der Waals surface area contributed by atoms with E-state index in [-0.39, 0.29) is 34.6 Å². The van der Waals surface area contributed by atoms with Crippen molar-refractivity contribution in [3.05, 3.63) is 53.1 Å². The molecule has 0 saturated carbocycles. The molecule has 2 saturated heterocycles. The summed E-state index contributed by atoms with van der Waals surface area (Å²) in [4.78, 5) is 18.7. The number of benzene rings is 2. The standard InChI is InChI=1S/C23H25ClN2O4S2/c1-14(2)9-22(27)25-23-26(19-12-32(28,29)13-21(19)31-23)18-11-16(24)7-8-20(18)30-17-6-4-5-15(3)10-17/h4-8,10-11,14,19,21H,9,12-13H2,1-3H3/t19-,21-/m1/s1. The number of hydrogen-bond acceptors (Lipinski definition) is 5. The van der Waals surface area contributed by atoms with Crippen LogP contribution in [0.15, 0.2) is 47.5 Å². The third-order valence-electron chi connectivity index (χ3n) is 5.27. The Balaban J connectivity index is 1.77. The van der Waals surface area contributed by atoms with Crippen molar-refractivity contribution in [3.8, 4) is 11.5 Å². The highest BCUT2D eigenvalue weighted by molar-refractivity contribution is 8.16. The van der Waals surface area contributed by atoms with E-state index in [2.05, 4.69) is 4.99 Å². The summed E-state index contributed by atoms with van der Waals surface area (Å²) in [7, 11) is -3.18. The van der Waals surface area contributed by atoms with Crippen LogP contribution in [0.2, 0.25) is 5.02 Å². The first kappa shape index (κ1) is 23.1. The monoisotopic (exact) mass is 492 g/mol. The quantitative estimate of drug-likeness (QED) is 0.578. The Labute approximate surface area is 197 Å². The average Bonchev–Trinajstić information content (AvgIpc) is 3.13. The Hall–Kier alpha value is -2.03. The van der Waals surface area contributed by atoms with Crippen LogP contribution in [-0.2, 0) is 14.6 Å². The van der Waals surface area contributed by atoms with Crippen LogP contribution >= 0.6 is 23.4 Å². The SMILES string of the molecule is Cc1cccc(Oc2ccc(Cl)cc2N2C(=NC(=O)CC(C)C)S[C@@H]3CS(=O)(=O)C[C@H]32)c1. The van der Waals surface area contributed by atoms with Crippen molar-refractivity contribution >= 4 is 50.0 Å². The lowest BCUT2D eigenvalue weighted by molar-refractivity contribution is -0.118. The highest BCUT2D eigenvalue weighted by atomic mass is 35.5. The van der Waals surface area contributed by atoms with Gasteiger partial charge in [0.05, 0.1) is 23.2 Å². The van der Waals surface area contributed by atoms with Gasteiger partial charge in [-0.05, 0) is 48.7 Å². The van der Waals surface area contributed by atoms with E-state index in [1.807, 2.05) is 49.9 Å². The maximum atomic E-state index is 12.5. The molecule has 2 atom stereocenters. The second-order valence-corrected chi connectivity index (χ2v) is 12.4. The number of anilines is 1. The molecule has 2 fully saturated rings. The van der Waals surface area contributed by atoms with Crippen LogP contribution in [-0.4, -0.2) is 42.3 Å². The average molecular weight is 493 g/mol. The van der Waals surface area contributed by atoms with Gasteiger partial charge in [-0.2, -0.15) is 4.99 Å². The summed E-state index contributed by atoms with van der Waals surface area (Å²) in [6.07, 6.45) is 0.327. The number of amidine groups is 1. The lowest BCUT2D eigenvalue weighted by atomic mass is 10.1. The number of thioether (sulfide) groups is 1. The lowest BCUT2D eigenvalue weighted by Gasteiger charge is -2.27. The minimum absolute atomic E-state index is 0.00153. The number of nitrogens with zero attached hydrogens (tertiary/aromatic N) is 2. The third-order valence-corrected chi connectivity index (χ3v) is 8.71. The summed E-state index contributed by atoms with van der Waals surface area (Å²) >= 11 is 7.67. The van der Waals surface area contributed by atoms with Gasteiger partial charge in [-0.3, -0.25) is 4.79 Å². The third kappa shape index (κ3) is 5.13. The second kappa shape index (κ2) is 9.08. The summed E-state index contributed by atoms with van der Waals surface area (Å²) in [5.41, 5.74) is 1.66. The number of amides is 1. The molecule has 2 aliphatic rings. The van der Waals surface area contributed by atoms with E-state index in [0.717, 1.165) is 5.56 Å². The Bertz CT molecular complexity index is 1180. The van der Waals surface area contributed by atoms with Crippen molar-refractivity contribution in [2.75, 3.05) is 16.4 Å². The predicted molar refractivity (Wildman–Crippen MR) is 131 cm³/mol. The number of hydrogen-bond donors (Lipinski definition) is 0. The molecule has 0 N–H and O–H groups in total. The summed E-state index contributed by atoms with van der Waals surface area (Å²) in [6, 6.07) is 12.5. The Morgan fingerprint density at radius 2 is 2.03 bits per heavy atom. The van der Waals surface area contributed by atoms with E-state index in [9.17, 15) is 13.2 Å². The van der Waals surface area contributed by atoms with Gasteiger partial charge in [0.15, 0.2) is 20.8 Å². The molecule has 2 aliphatic heterocycles. The fourth-order valence-corrected chi connectivity index (χ4v) is 8.01. The zero-order valence-electron chi connectivity index (χ0n) is 18.1. The number of fused-ring (bicyclic) bond motifs is 1. The Morgan fingerprint density at radius 3 is 2.75 bits per heavy atom. The number of aliphatic imine (C=N–C) groups is 1. The van der Waals surface area contributed by atoms with Crippen LogP contribution in [0.5, 0.6) is 11.5 Å². The van der Waals surface area contributed by atoms with Gasteiger partial charge in [-0.1, -0.05) is 49.3 Å². The minimum atomic E-state index is -3.18. The molecule has 2 aromatic rings. The molecule has 0 unspecified atom stereocenters. The zero-order chi connectivity index (χ0) is 23.0. The fourth-order valence-electron chi connectivity index (χ4n) is 3.92. The van der Waals surface area contributed by atoms with Crippen LogP contribution in [0.25, 0.3) is 0 Å². The molecule has 0 bridgehead atoms. The van der Waals surface area contributed by atoms with Crippen molar-refractivity contribution in [2.45, 2.75) is 38.5 Å². The number of carbonyl (C=O) groups excluding carboxylic acids is 1. The number of aryl methyl sites for hydroxylation is 1. The van der Waals surface area contributed by atoms with Gasteiger partial charge in [0, 0.05) is 16.7 Å². The first-order chi connectivity index (χ1) is 15.1. The lowest BCUT2D eigenvalue weighted by Crippen LogP contribution is -2.38. The van der Waals surface area contributed by atoms with Crippen LogP contribution in [0, 0.1) is 12.8 Å². The van der Waals surface area contributed by atoms with Gasteiger partial charge in [-0.15, -0.1) is 0 Å². The minimum Gasteiger partial charge on any atom is -0.455 e. The zero-order valence-corrected chi connectivity index (χ0v) is 20.5. The summed E-state index contributed by atoms with van der Waals surface area (Å²) in [5, 5.41) is 0.784. The van der Waals surface area contributed by atoms with Crippen LogP contribution in [0.3, 0.4) is 0 Å². The second-order valence-electron chi connectivity index (χ2n) is 8.59. The van der Waals surface area contributed by atoms with E-state index < -0.39 is 9.84 Å². The van der Waals surface area contributed by atoms with Crippen molar-refractivity contribution < 1.29 is 17.9 Å². The first-order valence-electron chi connectivity index (χ1n) is 10.4. The molecule has 2 heterocycles. The van der Waals surface area contributed by atoms with Crippen molar-refractivity contribution in [1.82, 2.24) is 0 Å². The summed E-state index contributed by atoms with van der Waals surface area (Å²) in [6.45, 7) is 5.90. The van der Waals surface area contributed by atoms with Gasteiger partial charge in [-0.25, -0.2) is 8.42 Å². The molecule has 6 nitrogen and oxygen atoms in total. The number of halogens is 1. The maximum Gasteiger partial charge on any atom is 0.248 e. The molecule has 0 spiro atoms. The number of carbonyl (C=O) groups is 1. The van der Waals surface area contributed by atoms with Gasteiger partial charge in [0.1, 0.15) is 5.75 Å². The van der Waals surface area contributed by atoms with Gasteiger partial charge in [0.25, 0.3) is 0 Å². The van der Waals surface area contributed by atoms with E-state index in [4.69, 9.17) is 16.3 Å². The van der Waals surface area contributed by atoms with Crippen molar-refractivity contribution in [1.29, 1.82) is 0 Å². The first-order valence-corrected chi connectivity index (χ1v) is 13.5. The topological polar surface area (TPSA) is 76.0 Å². The molecule has 0 radical (unpaired) electrons. The molecule has 0 aromatic heterocycles. The van der Waals surface area contributed by atoms with E-state index in [1.54, 1.807) is 18.2 Å². The van der Waals surface area contributed by atoms with Gasteiger partial charge < -0.3 is 9.64 Å². The highest BCUT2D eigenvalue weighted by Gasteiger charge is 2.50. The van der Waals surface area contributed by atoms with Crippen LogP contribution < -0.4 is 9.64 Å². The van der Waals surface area contributed by atoms with Crippen LogP contribution in [0.1, 0.15) is 25.8 Å². The van der Waals surface area contributed by atoms with Crippen LogP contribution in [0.4, 0.5) is 5.69 Å². The summed E-state index contributed by atoms with van der Waals surface area (Å²) in [5.74, 6) is 1.19. The van der Waals surface area contributed by atoms with Gasteiger partial charge in [0.2, 0.25) is 5.91 Å². The number of ether oxygens (including phenoxy) is 1. The van der Waals surface area contributed by atoms with E-state index in [1.165, 1.54) is 11.8 Å². The smallest absolute Gasteiger partial charge is 0.248 e. The van der Waals surface area contributed by atoms with E-state index in [0.29, 0.717) is 33.8 Å². The summed E-state index contributed by atoms with van der Waals surface area (Å²) < 4.78 is 30.9. The van der Waals surface area contributed by atoms with E-state index >= 15 is 0 Å². The fraction of sp³-hybridized carbons (Fsp3) is 0.391. The normalized spacial score (nSPS) is 23.0. The molecule has 1 amide bonds. The molecule has 32 heavy (non-hydrogen) atoms. The van der Waals surface area contributed by atoms with Crippen molar-refractivity contribution in [2.24, 2.45) is 10.9 Å². The Morgan fingerprint density at radius 1 is 1.25 bits per heavy atom. The molecule has 4 rings (SSSR count). The maximum absolute atomic E-state index is 12.5. The highest BCUT2D eigenvalue weighted by Crippen LogP contribution is 2.45. The van der Waals surface area contributed by atoms with Gasteiger partial charge >= 0.3 is 0 Å². The molecular formula is C23H25ClN2O4S2. The van der Waals surface area contributed by atoms with Crippen molar-refractivity contribution in [3.63, 3.8) is 0 Å².